The Morgan fingerprint density at radius 3 is 2.32 bits per heavy atom. The Hall–Kier alpha value is -2.54. The third-order valence-electron chi connectivity index (χ3n) is 3.36. The second-order valence-corrected chi connectivity index (χ2v) is 5.61. The van der Waals surface area contributed by atoms with E-state index in [1.54, 1.807) is 24.5 Å². The number of nitrogens with zero attached hydrogens (tertiary/aromatic N) is 3. The summed E-state index contributed by atoms with van der Waals surface area (Å²) in [5.41, 5.74) is 0.969. The molecule has 3 N–H and O–H groups in total. The molecule has 22 heavy (non-hydrogen) atoms. The van der Waals surface area contributed by atoms with Gasteiger partial charge in [-0.05, 0) is 38.5 Å². The molecule has 2 rings (SSSR count). The predicted octanol–water partition coefficient (Wildman–Crippen LogP) is 2.28. The molecule has 0 aliphatic heterocycles. The van der Waals surface area contributed by atoms with Crippen LogP contribution in [0.4, 0.5) is 10.5 Å². The average molecular weight is 302 g/mol. The largest absolute Gasteiger partial charge is 0.465 e. The number of anilines is 1. The van der Waals surface area contributed by atoms with E-state index < -0.39 is 17.6 Å². The molecule has 2 aromatic rings. The molecule has 2 heterocycles. The van der Waals surface area contributed by atoms with Gasteiger partial charge in [0.05, 0.1) is 23.0 Å². The SMILES string of the molecule is Cc1cnc(C(C)(C)C(O)c2ccc(NC(=O)O)cn2)nc1. The Morgan fingerprint density at radius 1 is 1.18 bits per heavy atom. The molecule has 0 saturated carbocycles. The van der Waals surface area contributed by atoms with Gasteiger partial charge in [-0.15, -0.1) is 0 Å². The van der Waals surface area contributed by atoms with Crippen LogP contribution in [0.5, 0.6) is 0 Å². The van der Waals surface area contributed by atoms with Gasteiger partial charge in [0, 0.05) is 12.4 Å². The smallest absolute Gasteiger partial charge is 0.409 e. The van der Waals surface area contributed by atoms with Crippen molar-refractivity contribution in [2.24, 2.45) is 0 Å². The standard InChI is InChI=1S/C15H18N4O3/c1-9-6-17-13(18-7-9)15(2,3)12(20)11-5-4-10(8-16-11)19-14(21)22/h4-8,12,19-20H,1-3H3,(H,21,22). The zero-order valence-corrected chi connectivity index (χ0v) is 12.6. The molecule has 1 unspecified atom stereocenters. The number of hydrogen-bond acceptors (Lipinski definition) is 5. The summed E-state index contributed by atoms with van der Waals surface area (Å²) in [5.74, 6) is 0.514. The van der Waals surface area contributed by atoms with Crippen LogP contribution in [0.15, 0.2) is 30.7 Å². The Bertz CT molecular complexity index is 653. The third-order valence-corrected chi connectivity index (χ3v) is 3.36. The first-order chi connectivity index (χ1) is 10.3. The number of pyridine rings is 1. The second-order valence-electron chi connectivity index (χ2n) is 5.61. The van der Waals surface area contributed by atoms with Gasteiger partial charge in [-0.25, -0.2) is 14.8 Å². The summed E-state index contributed by atoms with van der Waals surface area (Å²) >= 11 is 0. The normalized spacial score (nSPS) is 12.7. The van der Waals surface area contributed by atoms with Crippen LogP contribution in [0.3, 0.4) is 0 Å². The highest BCUT2D eigenvalue weighted by Crippen LogP contribution is 2.34. The quantitative estimate of drug-likeness (QED) is 0.799. The number of carbonyl (C=O) groups is 1. The highest BCUT2D eigenvalue weighted by molar-refractivity contribution is 5.82. The molecule has 1 amide bonds. The van der Waals surface area contributed by atoms with Gasteiger partial charge in [0.25, 0.3) is 0 Å². The van der Waals surface area contributed by atoms with Gasteiger partial charge >= 0.3 is 6.09 Å². The van der Waals surface area contributed by atoms with Crippen molar-refractivity contribution in [1.82, 2.24) is 15.0 Å². The molecule has 0 spiro atoms. The van der Waals surface area contributed by atoms with Crippen LogP contribution in [-0.4, -0.2) is 31.3 Å². The average Bonchev–Trinajstić information content (AvgIpc) is 2.47. The minimum Gasteiger partial charge on any atom is -0.465 e. The molecule has 7 nitrogen and oxygen atoms in total. The van der Waals surface area contributed by atoms with Gasteiger partial charge in [0.1, 0.15) is 11.9 Å². The lowest BCUT2D eigenvalue weighted by atomic mass is 9.83. The van der Waals surface area contributed by atoms with E-state index in [4.69, 9.17) is 5.11 Å². The third kappa shape index (κ3) is 3.37. The highest BCUT2D eigenvalue weighted by atomic mass is 16.4. The minimum absolute atomic E-state index is 0.341. The minimum atomic E-state index is -1.16. The molecule has 0 aliphatic carbocycles. The molecule has 0 radical (unpaired) electrons. The molecule has 0 bridgehead atoms. The molecule has 0 fully saturated rings. The number of amides is 1. The van der Waals surface area contributed by atoms with Crippen LogP contribution in [0.1, 0.15) is 37.0 Å². The van der Waals surface area contributed by atoms with Gasteiger partial charge in [0.15, 0.2) is 0 Å². The maximum atomic E-state index is 10.6. The maximum absolute atomic E-state index is 10.6. The maximum Gasteiger partial charge on any atom is 0.409 e. The predicted molar refractivity (Wildman–Crippen MR) is 80.6 cm³/mol. The number of aromatic nitrogens is 3. The van der Waals surface area contributed by atoms with Crippen molar-refractivity contribution in [3.05, 3.63) is 47.8 Å². The van der Waals surface area contributed by atoms with Crippen molar-refractivity contribution >= 4 is 11.8 Å². The molecular formula is C15H18N4O3. The van der Waals surface area contributed by atoms with Crippen molar-refractivity contribution in [1.29, 1.82) is 0 Å². The van der Waals surface area contributed by atoms with Crippen LogP contribution >= 0.6 is 0 Å². The Balaban J connectivity index is 2.23. The zero-order chi connectivity index (χ0) is 16.3. The first-order valence-electron chi connectivity index (χ1n) is 6.74. The summed E-state index contributed by atoms with van der Waals surface area (Å²) in [6, 6.07) is 3.12. The summed E-state index contributed by atoms with van der Waals surface area (Å²) in [5, 5.41) is 21.4. The van der Waals surface area contributed by atoms with Gasteiger partial charge in [-0.3, -0.25) is 10.3 Å². The van der Waals surface area contributed by atoms with E-state index in [0.717, 1.165) is 5.56 Å². The number of nitrogens with one attached hydrogen (secondary N) is 1. The number of hydrogen-bond donors (Lipinski definition) is 3. The van der Waals surface area contributed by atoms with Crippen LogP contribution in [-0.2, 0) is 5.41 Å². The number of aliphatic hydroxyl groups excluding tert-OH is 1. The molecule has 116 valence electrons. The number of rotatable bonds is 4. The van der Waals surface area contributed by atoms with E-state index >= 15 is 0 Å². The van der Waals surface area contributed by atoms with Crippen LogP contribution in [0, 0.1) is 6.92 Å². The first kappa shape index (κ1) is 15.8. The monoisotopic (exact) mass is 302 g/mol. The topological polar surface area (TPSA) is 108 Å². The summed E-state index contributed by atoms with van der Waals surface area (Å²) in [6.07, 6.45) is 2.67. The molecule has 0 aliphatic rings. The van der Waals surface area contributed by atoms with Crippen molar-refractivity contribution < 1.29 is 15.0 Å². The van der Waals surface area contributed by atoms with Gasteiger partial charge in [0.2, 0.25) is 0 Å². The van der Waals surface area contributed by atoms with Crippen LogP contribution in [0.2, 0.25) is 0 Å². The summed E-state index contributed by atoms with van der Waals surface area (Å²) in [4.78, 5) is 23.2. The van der Waals surface area contributed by atoms with Crippen molar-refractivity contribution in [2.75, 3.05) is 5.32 Å². The van der Waals surface area contributed by atoms with E-state index in [9.17, 15) is 9.90 Å². The fraction of sp³-hybridized carbons (Fsp3) is 0.333. The summed E-state index contributed by atoms with van der Waals surface area (Å²) in [6.45, 7) is 5.55. The van der Waals surface area contributed by atoms with Gasteiger partial charge in [-0.1, -0.05) is 0 Å². The zero-order valence-electron chi connectivity index (χ0n) is 12.6. The lowest BCUT2D eigenvalue weighted by Crippen LogP contribution is -2.29. The molecule has 0 saturated heterocycles. The van der Waals surface area contributed by atoms with E-state index in [1.165, 1.54) is 6.20 Å². The number of aliphatic hydroxyl groups is 1. The molecule has 7 heteroatoms. The van der Waals surface area contributed by atoms with Gasteiger partial charge < -0.3 is 10.2 Å². The molecule has 0 aromatic carbocycles. The van der Waals surface area contributed by atoms with Crippen molar-refractivity contribution in [2.45, 2.75) is 32.3 Å². The Morgan fingerprint density at radius 2 is 1.82 bits per heavy atom. The second kappa shape index (κ2) is 6.07. The summed E-state index contributed by atoms with van der Waals surface area (Å²) in [7, 11) is 0. The number of carboxylic acid groups (broad SMARTS) is 1. The van der Waals surface area contributed by atoms with Gasteiger partial charge in [-0.2, -0.15) is 0 Å². The van der Waals surface area contributed by atoms with E-state index in [0.29, 0.717) is 17.2 Å². The number of aryl methyl sites for hydroxylation is 1. The lowest BCUT2D eigenvalue weighted by Gasteiger charge is -2.28. The molecular weight excluding hydrogens is 284 g/mol. The first-order valence-corrected chi connectivity index (χ1v) is 6.74. The summed E-state index contributed by atoms with van der Waals surface area (Å²) < 4.78 is 0. The van der Waals surface area contributed by atoms with E-state index in [-0.39, 0.29) is 0 Å². The molecule has 1 atom stereocenters. The molecule has 2 aromatic heterocycles. The Labute approximate surface area is 128 Å². The lowest BCUT2D eigenvalue weighted by molar-refractivity contribution is 0.0911. The van der Waals surface area contributed by atoms with Crippen LogP contribution < -0.4 is 5.32 Å². The Kier molecular flexibility index (Phi) is 4.37. The fourth-order valence-corrected chi connectivity index (χ4v) is 1.98. The van der Waals surface area contributed by atoms with Crippen LogP contribution in [0.25, 0.3) is 0 Å². The van der Waals surface area contributed by atoms with Crippen molar-refractivity contribution in [3.8, 4) is 0 Å². The van der Waals surface area contributed by atoms with Crippen molar-refractivity contribution in [3.63, 3.8) is 0 Å². The highest BCUT2D eigenvalue weighted by Gasteiger charge is 2.34. The van der Waals surface area contributed by atoms with E-state index in [1.807, 2.05) is 20.8 Å². The van der Waals surface area contributed by atoms with E-state index in [2.05, 4.69) is 20.3 Å². The fourth-order valence-electron chi connectivity index (χ4n) is 1.98.